The third-order valence-corrected chi connectivity index (χ3v) is 4.32. The van der Waals surface area contributed by atoms with Gasteiger partial charge in [0, 0.05) is 31.3 Å². The van der Waals surface area contributed by atoms with E-state index in [9.17, 15) is 4.79 Å². The maximum atomic E-state index is 12.2. The van der Waals surface area contributed by atoms with E-state index < -0.39 is 0 Å². The van der Waals surface area contributed by atoms with Crippen molar-refractivity contribution in [2.24, 2.45) is 0 Å². The summed E-state index contributed by atoms with van der Waals surface area (Å²) in [6, 6.07) is 5.75. The van der Waals surface area contributed by atoms with Gasteiger partial charge < -0.3 is 5.32 Å². The van der Waals surface area contributed by atoms with Gasteiger partial charge in [0.1, 0.15) is 17.8 Å². The van der Waals surface area contributed by atoms with Gasteiger partial charge in [-0.25, -0.2) is 14.6 Å². The molecule has 0 spiro atoms. The van der Waals surface area contributed by atoms with Crippen LogP contribution in [0.4, 0.5) is 0 Å². The number of hydrogen-bond acceptors (Lipinski definition) is 5. The predicted octanol–water partition coefficient (Wildman–Crippen LogP) is 0.699. The second-order valence-corrected chi connectivity index (χ2v) is 5.95. The van der Waals surface area contributed by atoms with E-state index in [1.54, 1.807) is 23.0 Å². The number of nitrogens with one attached hydrogen (secondary N) is 1. The van der Waals surface area contributed by atoms with Crippen LogP contribution in [0.5, 0.6) is 0 Å². The molecule has 7 nitrogen and oxygen atoms in total. The van der Waals surface area contributed by atoms with Crippen molar-refractivity contribution in [3.8, 4) is 0 Å². The molecule has 0 saturated heterocycles. The summed E-state index contributed by atoms with van der Waals surface area (Å²) >= 11 is 0. The van der Waals surface area contributed by atoms with Crippen molar-refractivity contribution in [2.45, 2.75) is 38.9 Å². The lowest BCUT2D eigenvalue weighted by molar-refractivity contribution is 0.356. The summed E-state index contributed by atoms with van der Waals surface area (Å²) in [5.74, 6) is 1.04. The first kappa shape index (κ1) is 14.1. The first-order valence-electron chi connectivity index (χ1n) is 7.79. The number of rotatable bonds is 3. The Morgan fingerprint density at radius 3 is 3.26 bits per heavy atom. The molecule has 0 radical (unpaired) electrons. The first-order valence-corrected chi connectivity index (χ1v) is 7.79. The van der Waals surface area contributed by atoms with Crippen LogP contribution in [0, 0.1) is 6.92 Å². The van der Waals surface area contributed by atoms with Gasteiger partial charge in [-0.2, -0.15) is 5.10 Å². The highest BCUT2D eigenvalue weighted by molar-refractivity contribution is 5.46. The quantitative estimate of drug-likeness (QED) is 0.770. The number of pyridine rings is 1. The zero-order valence-corrected chi connectivity index (χ0v) is 12.9. The maximum Gasteiger partial charge on any atom is 0.258 e. The summed E-state index contributed by atoms with van der Waals surface area (Å²) in [7, 11) is 0. The maximum absolute atomic E-state index is 12.2. The minimum Gasteiger partial charge on any atom is -0.307 e. The topological polar surface area (TPSA) is 77.1 Å². The number of fused-ring (bicyclic) bond motifs is 2. The lowest BCUT2D eigenvalue weighted by atomic mass is 10.1. The Kier molecular flexibility index (Phi) is 3.42. The molecule has 3 aromatic heterocycles. The van der Waals surface area contributed by atoms with Crippen LogP contribution >= 0.6 is 0 Å². The van der Waals surface area contributed by atoms with Gasteiger partial charge in [-0.15, -0.1) is 0 Å². The summed E-state index contributed by atoms with van der Waals surface area (Å²) in [5.41, 5.74) is 2.45. The van der Waals surface area contributed by atoms with Crippen molar-refractivity contribution >= 4 is 5.65 Å². The normalized spacial score (nSPS) is 17.3. The number of hydrogen-bond donors (Lipinski definition) is 1. The summed E-state index contributed by atoms with van der Waals surface area (Å²) < 4.78 is 3.52. The summed E-state index contributed by atoms with van der Waals surface area (Å²) in [4.78, 5) is 21.1. The highest BCUT2D eigenvalue weighted by atomic mass is 16.1. The van der Waals surface area contributed by atoms with E-state index in [-0.39, 0.29) is 5.56 Å². The summed E-state index contributed by atoms with van der Waals surface area (Å²) in [6.07, 6.45) is 5.30. The molecule has 1 atom stereocenters. The molecule has 4 heterocycles. The van der Waals surface area contributed by atoms with E-state index in [0.717, 1.165) is 42.1 Å². The first-order chi connectivity index (χ1) is 11.2. The van der Waals surface area contributed by atoms with Crippen LogP contribution in [0.1, 0.15) is 23.5 Å². The minimum atomic E-state index is -0.0438. The van der Waals surface area contributed by atoms with Crippen LogP contribution in [0.3, 0.4) is 0 Å². The average Bonchev–Trinajstić information content (AvgIpc) is 3.01. The van der Waals surface area contributed by atoms with Gasteiger partial charge in [0.2, 0.25) is 0 Å². The lowest BCUT2D eigenvalue weighted by Crippen LogP contribution is -2.37. The molecule has 4 rings (SSSR count). The Bertz CT molecular complexity index is 912. The van der Waals surface area contributed by atoms with Crippen LogP contribution < -0.4 is 10.9 Å². The van der Waals surface area contributed by atoms with Gasteiger partial charge in [-0.05, 0) is 25.0 Å². The molecule has 0 amide bonds. The third kappa shape index (κ3) is 2.63. The van der Waals surface area contributed by atoms with E-state index >= 15 is 0 Å². The molecule has 23 heavy (non-hydrogen) atoms. The van der Waals surface area contributed by atoms with Crippen LogP contribution in [0.2, 0.25) is 0 Å². The Morgan fingerprint density at radius 1 is 1.43 bits per heavy atom. The van der Waals surface area contributed by atoms with Crippen molar-refractivity contribution in [3.05, 3.63) is 58.2 Å². The van der Waals surface area contributed by atoms with Gasteiger partial charge in [0.15, 0.2) is 0 Å². The average molecular weight is 310 g/mol. The molecule has 1 aliphatic heterocycles. The monoisotopic (exact) mass is 310 g/mol. The van der Waals surface area contributed by atoms with Crippen LogP contribution in [0.15, 0.2) is 35.5 Å². The van der Waals surface area contributed by atoms with Gasteiger partial charge in [0.05, 0.1) is 12.2 Å². The van der Waals surface area contributed by atoms with Crippen molar-refractivity contribution in [2.75, 3.05) is 0 Å². The van der Waals surface area contributed by atoms with Crippen molar-refractivity contribution in [1.29, 1.82) is 0 Å². The van der Waals surface area contributed by atoms with Gasteiger partial charge in [-0.3, -0.25) is 9.20 Å². The summed E-state index contributed by atoms with van der Waals surface area (Å²) in [6.45, 7) is 3.35. The van der Waals surface area contributed by atoms with E-state index in [1.165, 1.54) is 0 Å². The summed E-state index contributed by atoms with van der Waals surface area (Å²) in [5, 5.41) is 7.71. The molecular formula is C16H18N6O. The van der Waals surface area contributed by atoms with Gasteiger partial charge >= 0.3 is 0 Å². The zero-order valence-electron chi connectivity index (χ0n) is 12.9. The van der Waals surface area contributed by atoms with Crippen molar-refractivity contribution < 1.29 is 0 Å². The van der Waals surface area contributed by atoms with Crippen LogP contribution in [-0.2, 0) is 19.5 Å². The Balaban J connectivity index is 1.53. The second kappa shape index (κ2) is 5.58. The van der Waals surface area contributed by atoms with Crippen LogP contribution in [-0.4, -0.2) is 30.2 Å². The molecule has 0 bridgehead atoms. The molecule has 1 aliphatic rings. The Labute approximate surface area is 133 Å². The molecule has 118 valence electrons. The SMILES string of the molecule is Cc1cccn2c(=O)cc(CN[C@H]3CCc4ncnn4C3)nc12. The smallest absolute Gasteiger partial charge is 0.258 e. The Morgan fingerprint density at radius 2 is 2.35 bits per heavy atom. The molecule has 0 unspecified atom stereocenters. The molecule has 0 aliphatic carbocycles. The molecule has 1 N–H and O–H groups in total. The van der Waals surface area contributed by atoms with Crippen LogP contribution in [0.25, 0.3) is 5.65 Å². The molecule has 7 heteroatoms. The molecule has 0 saturated carbocycles. The lowest BCUT2D eigenvalue weighted by Gasteiger charge is -2.23. The third-order valence-electron chi connectivity index (χ3n) is 4.32. The fourth-order valence-corrected chi connectivity index (χ4v) is 3.05. The van der Waals surface area contributed by atoms with Crippen molar-refractivity contribution in [1.82, 2.24) is 29.5 Å². The number of aryl methyl sites for hydroxylation is 2. The standard InChI is InChI=1S/C16H18N6O/c1-11-3-2-6-21-15(23)7-13(20-16(11)21)8-17-12-4-5-14-18-10-19-22(14)9-12/h2-3,6-7,10,12,17H,4-5,8-9H2,1H3/t12-/m0/s1. The van der Waals surface area contributed by atoms with Gasteiger partial charge in [0.25, 0.3) is 5.56 Å². The van der Waals surface area contributed by atoms with Gasteiger partial charge in [-0.1, -0.05) is 6.07 Å². The second-order valence-electron chi connectivity index (χ2n) is 5.95. The van der Waals surface area contributed by atoms with E-state index in [1.807, 2.05) is 23.7 Å². The number of aromatic nitrogens is 5. The van der Waals surface area contributed by atoms with Crippen molar-refractivity contribution in [3.63, 3.8) is 0 Å². The molecule has 3 aromatic rings. The number of nitrogens with zero attached hydrogens (tertiary/aromatic N) is 5. The minimum absolute atomic E-state index is 0.0438. The van der Waals surface area contributed by atoms with E-state index in [2.05, 4.69) is 20.4 Å². The van der Waals surface area contributed by atoms with E-state index in [4.69, 9.17) is 0 Å². The Hall–Kier alpha value is -2.54. The highest BCUT2D eigenvalue weighted by Gasteiger charge is 2.19. The molecule has 0 aromatic carbocycles. The largest absolute Gasteiger partial charge is 0.307 e. The fraction of sp³-hybridized carbons (Fsp3) is 0.375. The van der Waals surface area contributed by atoms with E-state index in [0.29, 0.717) is 12.6 Å². The predicted molar refractivity (Wildman–Crippen MR) is 85.2 cm³/mol. The highest BCUT2D eigenvalue weighted by Crippen LogP contribution is 2.12. The molecular weight excluding hydrogens is 292 g/mol. The zero-order chi connectivity index (χ0) is 15.8. The molecule has 0 fully saturated rings. The fourth-order valence-electron chi connectivity index (χ4n) is 3.05.